The molecule has 5 heteroatoms. The molecule has 0 saturated heterocycles. The van der Waals surface area contributed by atoms with Gasteiger partial charge in [-0.3, -0.25) is 4.79 Å². The lowest BCUT2D eigenvalue weighted by molar-refractivity contribution is 0.100. The first kappa shape index (κ1) is 8.80. The van der Waals surface area contributed by atoms with E-state index >= 15 is 0 Å². The molecule has 0 aromatic heterocycles. The maximum Gasteiger partial charge on any atom is 0.252 e. The summed E-state index contributed by atoms with van der Waals surface area (Å²) in [6.07, 6.45) is 0. The third-order valence-corrected chi connectivity index (χ3v) is 1.63. The molecule has 0 bridgehead atoms. The largest absolute Gasteiger partial charge is 0.398 e. The van der Waals surface area contributed by atoms with Crippen LogP contribution >= 0.6 is 11.6 Å². The van der Waals surface area contributed by atoms with Crippen LogP contribution in [0.1, 0.15) is 10.4 Å². The monoisotopic (exact) mass is 188 g/mol. The van der Waals surface area contributed by atoms with E-state index in [0.29, 0.717) is 0 Å². The van der Waals surface area contributed by atoms with Crippen LogP contribution in [0.4, 0.5) is 10.1 Å². The maximum atomic E-state index is 12.6. The zero-order valence-electron chi connectivity index (χ0n) is 5.97. The van der Waals surface area contributed by atoms with E-state index in [4.69, 9.17) is 23.1 Å². The number of nitrogen functional groups attached to an aromatic ring is 1. The Morgan fingerprint density at radius 3 is 2.50 bits per heavy atom. The summed E-state index contributed by atoms with van der Waals surface area (Å²) in [5.74, 6) is -1.36. The van der Waals surface area contributed by atoms with Gasteiger partial charge in [0.25, 0.3) is 5.91 Å². The molecule has 4 N–H and O–H groups in total. The van der Waals surface area contributed by atoms with E-state index in [0.717, 1.165) is 12.1 Å². The second kappa shape index (κ2) is 2.98. The van der Waals surface area contributed by atoms with E-state index in [1.165, 1.54) is 0 Å². The molecule has 0 aliphatic rings. The Morgan fingerprint density at radius 1 is 1.50 bits per heavy atom. The molecule has 0 aliphatic heterocycles. The van der Waals surface area contributed by atoms with Gasteiger partial charge in [-0.15, -0.1) is 0 Å². The zero-order valence-corrected chi connectivity index (χ0v) is 6.73. The van der Waals surface area contributed by atoms with Crippen molar-refractivity contribution in [2.24, 2.45) is 5.73 Å². The Labute approximate surface area is 73.1 Å². The first-order valence-corrected chi connectivity index (χ1v) is 3.44. The lowest BCUT2D eigenvalue weighted by Crippen LogP contribution is -2.14. The minimum atomic E-state index is -0.766. The maximum absolute atomic E-state index is 12.6. The molecule has 0 saturated carbocycles. The topological polar surface area (TPSA) is 69.1 Å². The van der Waals surface area contributed by atoms with Crippen molar-refractivity contribution in [3.8, 4) is 0 Å². The molecule has 1 amide bonds. The lowest BCUT2D eigenvalue weighted by Gasteiger charge is -2.03. The predicted molar refractivity (Wildman–Crippen MR) is 44.3 cm³/mol. The molecule has 3 nitrogen and oxygen atoms in total. The van der Waals surface area contributed by atoms with Crippen LogP contribution in [0.25, 0.3) is 0 Å². The van der Waals surface area contributed by atoms with Crippen molar-refractivity contribution >= 4 is 23.2 Å². The fourth-order valence-electron chi connectivity index (χ4n) is 0.853. The number of hydrogen-bond donors (Lipinski definition) is 2. The summed E-state index contributed by atoms with van der Waals surface area (Å²) in [7, 11) is 0. The average molecular weight is 189 g/mol. The highest BCUT2D eigenvalue weighted by atomic mass is 35.5. The van der Waals surface area contributed by atoms with Crippen LogP contribution in [0.2, 0.25) is 5.02 Å². The van der Waals surface area contributed by atoms with Gasteiger partial charge in [-0.1, -0.05) is 11.6 Å². The Morgan fingerprint density at radius 2 is 2.08 bits per heavy atom. The summed E-state index contributed by atoms with van der Waals surface area (Å²) in [5.41, 5.74) is 10.1. The number of halogens is 2. The summed E-state index contributed by atoms with van der Waals surface area (Å²) >= 11 is 5.51. The second-order valence-corrected chi connectivity index (χ2v) is 2.62. The smallest absolute Gasteiger partial charge is 0.252 e. The molecule has 0 unspecified atom stereocenters. The number of nitrogens with two attached hydrogens (primary N) is 2. The number of rotatable bonds is 1. The van der Waals surface area contributed by atoms with Crippen molar-refractivity contribution in [1.82, 2.24) is 0 Å². The van der Waals surface area contributed by atoms with E-state index < -0.39 is 11.7 Å². The second-order valence-electron chi connectivity index (χ2n) is 2.22. The van der Waals surface area contributed by atoms with Gasteiger partial charge in [0, 0.05) is 5.69 Å². The third kappa shape index (κ3) is 1.48. The molecular formula is C7H6ClFN2O. The van der Waals surface area contributed by atoms with E-state index in [-0.39, 0.29) is 16.3 Å². The normalized spacial score (nSPS) is 9.83. The molecule has 0 aliphatic carbocycles. The van der Waals surface area contributed by atoms with Gasteiger partial charge < -0.3 is 11.5 Å². The average Bonchev–Trinajstić information content (AvgIpc) is 1.82. The first-order chi connectivity index (χ1) is 5.52. The van der Waals surface area contributed by atoms with Crippen LogP contribution in [0.3, 0.4) is 0 Å². The van der Waals surface area contributed by atoms with E-state index in [1.54, 1.807) is 0 Å². The highest BCUT2D eigenvalue weighted by Crippen LogP contribution is 2.22. The molecule has 64 valence electrons. The number of primary amides is 1. The minimum absolute atomic E-state index is 0.0435. The number of amides is 1. The van der Waals surface area contributed by atoms with Crippen LogP contribution < -0.4 is 11.5 Å². The molecule has 0 heterocycles. The van der Waals surface area contributed by atoms with Gasteiger partial charge >= 0.3 is 0 Å². The third-order valence-electron chi connectivity index (χ3n) is 1.33. The highest BCUT2D eigenvalue weighted by molar-refractivity contribution is 6.34. The van der Waals surface area contributed by atoms with E-state index in [2.05, 4.69) is 0 Å². The van der Waals surface area contributed by atoms with Gasteiger partial charge in [-0.05, 0) is 12.1 Å². The van der Waals surface area contributed by atoms with Crippen molar-refractivity contribution in [3.63, 3.8) is 0 Å². The number of carbonyl (C=O) groups is 1. The summed E-state index contributed by atoms with van der Waals surface area (Å²) in [5, 5.41) is -0.0694. The Bertz CT molecular complexity index is 317. The van der Waals surface area contributed by atoms with Crippen molar-refractivity contribution in [2.75, 3.05) is 5.73 Å². The molecule has 1 aromatic carbocycles. The van der Waals surface area contributed by atoms with E-state index in [9.17, 15) is 9.18 Å². The number of anilines is 1. The molecular weight excluding hydrogens is 183 g/mol. The fraction of sp³-hybridized carbons (Fsp3) is 0. The van der Waals surface area contributed by atoms with Crippen molar-refractivity contribution < 1.29 is 9.18 Å². The van der Waals surface area contributed by atoms with Crippen LogP contribution in [0.15, 0.2) is 12.1 Å². The summed E-state index contributed by atoms with van der Waals surface area (Å²) in [6.45, 7) is 0. The van der Waals surface area contributed by atoms with Gasteiger partial charge in [0.2, 0.25) is 0 Å². The molecule has 1 rings (SSSR count). The van der Waals surface area contributed by atoms with Crippen molar-refractivity contribution in [3.05, 3.63) is 28.5 Å². The zero-order chi connectivity index (χ0) is 9.30. The predicted octanol–water partition coefficient (Wildman–Crippen LogP) is 1.16. The lowest BCUT2D eigenvalue weighted by atomic mass is 10.1. The number of hydrogen-bond acceptors (Lipinski definition) is 2. The first-order valence-electron chi connectivity index (χ1n) is 3.06. The van der Waals surface area contributed by atoms with Crippen LogP contribution in [-0.2, 0) is 0 Å². The SMILES string of the molecule is NC(=O)c1c(N)cc(F)cc1Cl. The van der Waals surface area contributed by atoms with Gasteiger partial charge in [0.1, 0.15) is 5.82 Å². The number of carbonyl (C=O) groups excluding carboxylic acids is 1. The van der Waals surface area contributed by atoms with Crippen LogP contribution in [0.5, 0.6) is 0 Å². The van der Waals surface area contributed by atoms with Crippen LogP contribution in [0, 0.1) is 5.82 Å². The molecule has 0 spiro atoms. The molecule has 0 fully saturated rings. The Balaban J connectivity index is 3.38. The quantitative estimate of drug-likeness (QED) is 0.650. The molecule has 12 heavy (non-hydrogen) atoms. The van der Waals surface area contributed by atoms with Crippen molar-refractivity contribution in [2.45, 2.75) is 0 Å². The highest BCUT2D eigenvalue weighted by Gasteiger charge is 2.11. The van der Waals surface area contributed by atoms with Crippen molar-refractivity contribution in [1.29, 1.82) is 0 Å². The molecule has 0 atom stereocenters. The van der Waals surface area contributed by atoms with Gasteiger partial charge in [-0.2, -0.15) is 0 Å². The fourth-order valence-corrected chi connectivity index (χ4v) is 1.16. The number of benzene rings is 1. The summed E-state index contributed by atoms with van der Waals surface area (Å²) in [4.78, 5) is 10.7. The van der Waals surface area contributed by atoms with Gasteiger partial charge in [-0.25, -0.2) is 4.39 Å². The van der Waals surface area contributed by atoms with E-state index in [1.807, 2.05) is 0 Å². The Kier molecular flexibility index (Phi) is 2.19. The van der Waals surface area contributed by atoms with Gasteiger partial charge in [0.15, 0.2) is 0 Å². The Hall–Kier alpha value is -1.29. The minimum Gasteiger partial charge on any atom is -0.398 e. The molecule has 0 radical (unpaired) electrons. The molecule has 1 aromatic rings. The summed E-state index contributed by atoms with van der Waals surface area (Å²) in [6, 6.07) is 1.98. The summed E-state index contributed by atoms with van der Waals surface area (Å²) < 4.78 is 12.6. The van der Waals surface area contributed by atoms with Crippen LogP contribution in [-0.4, -0.2) is 5.91 Å². The van der Waals surface area contributed by atoms with Gasteiger partial charge in [0.05, 0.1) is 10.6 Å². The standard InChI is InChI=1S/C7H6ClFN2O/c8-4-1-3(9)2-5(10)6(4)7(11)12/h1-2H,10H2,(H2,11,12).